The summed E-state index contributed by atoms with van der Waals surface area (Å²) in [5, 5.41) is 4.99. The smallest absolute Gasteiger partial charge is 0.408 e. The van der Waals surface area contributed by atoms with Crippen LogP contribution in [0, 0.1) is 5.92 Å². The van der Waals surface area contributed by atoms with Crippen LogP contribution in [0.1, 0.15) is 65.0 Å². The van der Waals surface area contributed by atoms with Crippen molar-refractivity contribution >= 4 is 34.6 Å². The van der Waals surface area contributed by atoms with Gasteiger partial charge in [-0.25, -0.2) is 4.79 Å². The number of rotatable bonds is 14. The number of ether oxygens (including phenoxy) is 1. The molecule has 10 heteroatoms. The van der Waals surface area contributed by atoms with E-state index < -0.39 is 29.3 Å². The largest absolute Gasteiger partial charge is 0.444 e. The Balaban J connectivity index is 1.62. The fraction of sp³-hybridized carbons (Fsp3) is 0.500. The number of fused-ring (bicyclic) bond motifs is 1. The van der Waals surface area contributed by atoms with Gasteiger partial charge in [-0.1, -0.05) is 78.9 Å². The van der Waals surface area contributed by atoms with E-state index in [-0.39, 0.29) is 24.1 Å². The fourth-order valence-electron chi connectivity index (χ4n) is 7.09. The van der Waals surface area contributed by atoms with E-state index in [0.717, 1.165) is 41.3 Å². The number of alkyl carbamates (subject to hydrolysis) is 1. The van der Waals surface area contributed by atoms with Gasteiger partial charge in [-0.05, 0) is 102 Å². The molecule has 10 nitrogen and oxygen atoms in total. The van der Waals surface area contributed by atoms with Gasteiger partial charge in [0, 0.05) is 52.1 Å². The highest BCUT2D eigenvalue weighted by molar-refractivity contribution is 5.95. The zero-order valence-electron chi connectivity index (χ0n) is 33.8. The minimum absolute atomic E-state index is 0.0730. The van der Waals surface area contributed by atoms with Gasteiger partial charge >= 0.3 is 6.09 Å². The van der Waals surface area contributed by atoms with Crippen molar-refractivity contribution in [1.82, 2.24) is 24.9 Å². The van der Waals surface area contributed by atoms with Gasteiger partial charge in [0.1, 0.15) is 17.7 Å². The molecule has 4 rings (SSSR count). The first-order chi connectivity index (χ1) is 25.4. The Morgan fingerprint density at radius 3 is 2.15 bits per heavy atom. The standard InChI is InChI=1S/C44H61N5O5/c1-43(2,3)54-42(53)45-44(4,5)25-15-22-39(50)47(8)37(29-33-23-24-35-20-13-14-21-36(35)27-33)40(51)48(9)38(28-32-17-11-10-12-18-32)41(52)49-26-16-19-34(31-49)30-46(6)7/h10-15,17-18,20-24,27,34,37-38H,16,19,25-26,28-31H2,1-9H3,(H,45,53)/b22-15+/t34-,37-,38-/m1/s1. The van der Waals surface area contributed by atoms with E-state index in [1.54, 1.807) is 45.8 Å². The van der Waals surface area contributed by atoms with Crippen molar-refractivity contribution in [3.8, 4) is 0 Å². The van der Waals surface area contributed by atoms with E-state index in [9.17, 15) is 19.2 Å². The van der Waals surface area contributed by atoms with Crippen LogP contribution >= 0.6 is 0 Å². The van der Waals surface area contributed by atoms with E-state index >= 15 is 0 Å². The van der Waals surface area contributed by atoms with Gasteiger partial charge in [0.25, 0.3) is 0 Å². The van der Waals surface area contributed by atoms with Crippen molar-refractivity contribution in [2.75, 3.05) is 47.8 Å². The number of likely N-dealkylation sites (N-methyl/N-ethyl adjacent to an activating group) is 2. The lowest BCUT2D eigenvalue weighted by molar-refractivity contribution is -0.150. The SMILES string of the molecule is CN(C)C[C@H]1CCCN(C(=O)[C@@H](Cc2ccccc2)N(C)C(=O)[C@@H](Cc2ccc3ccccc3c2)N(C)C(=O)/C=C/CC(C)(C)NC(=O)OC(C)(C)C)C1. The van der Waals surface area contributed by atoms with Gasteiger partial charge in [0.2, 0.25) is 17.7 Å². The monoisotopic (exact) mass is 739 g/mol. The molecule has 1 N–H and O–H groups in total. The van der Waals surface area contributed by atoms with E-state index in [1.807, 2.05) is 85.5 Å². The van der Waals surface area contributed by atoms with E-state index in [2.05, 4.69) is 30.4 Å². The molecule has 4 amide bonds. The number of carbonyl (C=O) groups is 4. The zero-order valence-corrected chi connectivity index (χ0v) is 33.8. The van der Waals surface area contributed by atoms with Crippen LogP contribution in [0.15, 0.2) is 84.9 Å². The molecule has 0 aliphatic carbocycles. The first-order valence-corrected chi connectivity index (χ1v) is 19.1. The Morgan fingerprint density at radius 1 is 0.833 bits per heavy atom. The maximum Gasteiger partial charge on any atom is 0.408 e. The van der Waals surface area contributed by atoms with Gasteiger partial charge in [-0.2, -0.15) is 0 Å². The van der Waals surface area contributed by atoms with Crippen molar-refractivity contribution in [1.29, 1.82) is 0 Å². The van der Waals surface area contributed by atoms with Crippen LogP contribution in [0.3, 0.4) is 0 Å². The molecule has 54 heavy (non-hydrogen) atoms. The van der Waals surface area contributed by atoms with Crippen LogP contribution in [0.4, 0.5) is 4.79 Å². The number of amides is 4. The molecule has 1 saturated heterocycles. The number of nitrogens with zero attached hydrogens (tertiary/aromatic N) is 4. The molecule has 0 saturated carbocycles. The lowest BCUT2D eigenvalue weighted by Gasteiger charge is -2.39. The number of piperidine rings is 1. The fourth-order valence-corrected chi connectivity index (χ4v) is 7.09. The average Bonchev–Trinajstić information content (AvgIpc) is 3.10. The van der Waals surface area contributed by atoms with Gasteiger partial charge in [-0.15, -0.1) is 0 Å². The topological polar surface area (TPSA) is 103 Å². The third-order valence-corrected chi connectivity index (χ3v) is 9.90. The maximum atomic E-state index is 14.8. The molecule has 1 heterocycles. The Hall–Kier alpha value is -4.70. The van der Waals surface area contributed by atoms with Crippen molar-refractivity contribution in [2.45, 2.75) is 89.9 Å². The summed E-state index contributed by atoms with van der Waals surface area (Å²) in [4.78, 5) is 62.7. The number of hydrogen-bond acceptors (Lipinski definition) is 6. The normalized spacial score (nSPS) is 16.3. The van der Waals surface area contributed by atoms with Crippen LogP contribution in [0.2, 0.25) is 0 Å². The van der Waals surface area contributed by atoms with E-state index in [4.69, 9.17) is 4.74 Å². The van der Waals surface area contributed by atoms with Crippen LogP contribution < -0.4 is 5.32 Å². The lowest BCUT2D eigenvalue weighted by Crippen LogP contribution is -2.57. The second kappa shape index (κ2) is 18.6. The average molecular weight is 740 g/mol. The van der Waals surface area contributed by atoms with Crippen molar-refractivity contribution in [2.24, 2.45) is 5.92 Å². The van der Waals surface area contributed by atoms with Crippen molar-refractivity contribution < 1.29 is 23.9 Å². The molecule has 1 aliphatic rings. The summed E-state index contributed by atoms with van der Waals surface area (Å²) >= 11 is 0. The van der Waals surface area contributed by atoms with Crippen LogP contribution in [-0.2, 0) is 32.0 Å². The molecule has 292 valence electrons. The summed E-state index contributed by atoms with van der Waals surface area (Å²) in [7, 11) is 7.44. The number of benzene rings is 3. The molecular weight excluding hydrogens is 679 g/mol. The molecule has 0 unspecified atom stereocenters. The van der Waals surface area contributed by atoms with Crippen LogP contribution in [-0.4, -0.2) is 114 Å². The Labute approximate surface area is 322 Å². The molecule has 3 aromatic carbocycles. The summed E-state index contributed by atoms with van der Waals surface area (Å²) < 4.78 is 5.41. The maximum absolute atomic E-state index is 14.8. The highest BCUT2D eigenvalue weighted by Crippen LogP contribution is 2.23. The quantitative estimate of drug-likeness (QED) is 0.194. The molecule has 1 aliphatic heterocycles. The predicted molar refractivity (Wildman–Crippen MR) is 216 cm³/mol. The van der Waals surface area contributed by atoms with Gasteiger partial charge in [0.05, 0.1) is 0 Å². The third kappa shape index (κ3) is 12.4. The third-order valence-electron chi connectivity index (χ3n) is 9.90. The second-order valence-corrected chi connectivity index (χ2v) is 16.7. The molecule has 1 fully saturated rings. The Kier molecular flexibility index (Phi) is 14.5. The molecular formula is C44H61N5O5. The first-order valence-electron chi connectivity index (χ1n) is 19.1. The summed E-state index contributed by atoms with van der Waals surface area (Å²) in [5.74, 6) is -0.382. The summed E-state index contributed by atoms with van der Waals surface area (Å²) in [6.45, 7) is 11.3. The molecule has 3 aromatic rings. The Morgan fingerprint density at radius 2 is 1.48 bits per heavy atom. The minimum atomic E-state index is -0.893. The molecule has 0 radical (unpaired) electrons. The van der Waals surface area contributed by atoms with Crippen LogP contribution in [0.5, 0.6) is 0 Å². The van der Waals surface area contributed by atoms with Crippen molar-refractivity contribution in [3.63, 3.8) is 0 Å². The highest BCUT2D eigenvalue weighted by atomic mass is 16.6. The van der Waals surface area contributed by atoms with Gasteiger partial charge in [0.15, 0.2) is 0 Å². The molecule has 0 spiro atoms. The molecule has 0 bridgehead atoms. The number of nitrogens with one attached hydrogen (secondary N) is 1. The molecule has 3 atom stereocenters. The van der Waals surface area contributed by atoms with E-state index in [1.165, 1.54) is 11.0 Å². The summed E-state index contributed by atoms with van der Waals surface area (Å²) in [6.07, 6.45) is 5.57. The van der Waals surface area contributed by atoms with Crippen LogP contribution in [0.25, 0.3) is 10.8 Å². The highest BCUT2D eigenvalue weighted by Gasteiger charge is 2.38. The van der Waals surface area contributed by atoms with E-state index in [0.29, 0.717) is 31.8 Å². The summed E-state index contributed by atoms with van der Waals surface area (Å²) in [6, 6.07) is 22.3. The number of likely N-dealkylation sites (tertiary alicyclic amines) is 1. The molecule has 0 aromatic heterocycles. The Bertz CT molecular complexity index is 1770. The first kappa shape index (κ1) is 42.0. The second-order valence-electron chi connectivity index (χ2n) is 16.7. The predicted octanol–water partition coefficient (Wildman–Crippen LogP) is 6.33. The lowest BCUT2D eigenvalue weighted by atomic mass is 9.95. The van der Waals surface area contributed by atoms with Gasteiger partial charge < -0.3 is 29.7 Å². The number of carbonyl (C=O) groups excluding carboxylic acids is 4. The number of hydrogen-bond donors (Lipinski definition) is 1. The zero-order chi connectivity index (χ0) is 39.6. The van der Waals surface area contributed by atoms with Crippen molar-refractivity contribution in [3.05, 3.63) is 96.1 Å². The minimum Gasteiger partial charge on any atom is -0.444 e. The van der Waals surface area contributed by atoms with Gasteiger partial charge in [-0.3, -0.25) is 14.4 Å². The summed E-state index contributed by atoms with van der Waals surface area (Å²) in [5.41, 5.74) is 0.531.